The van der Waals surface area contributed by atoms with Crippen LogP contribution in [-0.4, -0.2) is 30.7 Å². The molecule has 0 saturated carbocycles. The Kier molecular flexibility index (Phi) is 6.86. The number of hydrogen-bond donors (Lipinski definition) is 1. The number of carbonyl (C=O) groups excluding carboxylic acids is 1. The Labute approximate surface area is 147 Å². The number of nitrogens with zero attached hydrogens (tertiary/aromatic N) is 2. The highest BCUT2D eigenvalue weighted by atomic mass is 32.2. The molecular formula is C19H21N3OS. The van der Waals surface area contributed by atoms with Crippen LogP contribution in [0.4, 0.5) is 5.69 Å². The van der Waals surface area contributed by atoms with Crippen LogP contribution < -0.4 is 5.32 Å². The Balaban J connectivity index is 1.83. The number of nitriles is 1. The van der Waals surface area contributed by atoms with Gasteiger partial charge in [-0.1, -0.05) is 24.3 Å². The van der Waals surface area contributed by atoms with Crippen LogP contribution in [0.2, 0.25) is 0 Å². The minimum absolute atomic E-state index is 0.0498. The van der Waals surface area contributed by atoms with Crippen molar-refractivity contribution >= 4 is 23.4 Å². The number of benzene rings is 2. The van der Waals surface area contributed by atoms with Gasteiger partial charge >= 0.3 is 0 Å². The lowest BCUT2D eigenvalue weighted by molar-refractivity contribution is -0.117. The van der Waals surface area contributed by atoms with Crippen molar-refractivity contribution in [1.29, 1.82) is 5.26 Å². The van der Waals surface area contributed by atoms with E-state index in [1.165, 1.54) is 10.5 Å². The van der Waals surface area contributed by atoms with Crippen LogP contribution >= 0.6 is 11.8 Å². The molecule has 24 heavy (non-hydrogen) atoms. The molecule has 2 aromatic rings. The highest BCUT2D eigenvalue weighted by Crippen LogP contribution is 2.15. The third-order valence-electron chi connectivity index (χ3n) is 3.55. The summed E-state index contributed by atoms with van der Waals surface area (Å²) < 4.78 is 0. The van der Waals surface area contributed by atoms with E-state index >= 15 is 0 Å². The molecule has 0 radical (unpaired) electrons. The third-order valence-corrected chi connectivity index (χ3v) is 4.29. The predicted molar refractivity (Wildman–Crippen MR) is 98.9 cm³/mol. The van der Waals surface area contributed by atoms with Gasteiger partial charge in [0.1, 0.15) is 0 Å². The molecule has 0 spiro atoms. The van der Waals surface area contributed by atoms with Crippen molar-refractivity contribution in [2.75, 3.05) is 25.2 Å². The molecule has 0 fully saturated rings. The van der Waals surface area contributed by atoms with Crippen molar-refractivity contribution in [3.8, 4) is 6.07 Å². The normalized spacial score (nSPS) is 10.4. The first-order chi connectivity index (χ1) is 11.6. The van der Waals surface area contributed by atoms with E-state index in [0.29, 0.717) is 13.0 Å². The van der Waals surface area contributed by atoms with Crippen molar-refractivity contribution < 1.29 is 4.79 Å². The summed E-state index contributed by atoms with van der Waals surface area (Å²) in [6.07, 6.45) is 2.44. The van der Waals surface area contributed by atoms with E-state index in [2.05, 4.69) is 41.9 Å². The summed E-state index contributed by atoms with van der Waals surface area (Å²) in [6.45, 7) is 1.05. The maximum absolute atomic E-state index is 12.1. The average Bonchev–Trinajstić information content (AvgIpc) is 2.57. The first-order valence-corrected chi connectivity index (χ1v) is 8.90. The van der Waals surface area contributed by atoms with Gasteiger partial charge in [0, 0.05) is 17.1 Å². The molecule has 0 unspecified atom stereocenters. The van der Waals surface area contributed by atoms with Crippen LogP contribution in [0.5, 0.6) is 0 Å². The zero-order valence-electron chi connectivity index (χ0n) is 14.0. The zero-order valence-corrected chi connectivity index (χ0v) is 14.8. The molecule has 0 saturated heterocycles. The standard InChI is InChI=1S/C19H21N3OS/c1-22(13-16-5-9-18(24-2)10-6-16)14-19(23)21-17-7-3-15(4-8-17)11-12-20/h3-10H,11,13-14H2,1-2H3,(H,21,23). The highest BCUT2D eigenvalue weighted by molar-refractivity contribution is 7.98. The number of rotatable bonds is 7. The molecule has 0 aliphatic rings. The SMILES string of the molecule is CSc1ccc(CN(C)CC(=O)Nc2ccc(CC#N)cc2)cc1. The predicted octanol–water partition coefficient (Wildman–Crippen LogP) is 3.55. The molecule has 0 bridgehead atoms. The lowest BCUT2D eigenvalue weighted by atomic mass is 10.1. The summed E-state index contributed by atoms with van der Waals surface area (Å²) in [7, 11) is 1.93. The largest absolute Gasteiger partial charge is 0.325 e. The Morgan fingerprint density at radius 2 is 1.75 bits per heavy atom. The fraction of sp³-hybridized carbons (Fsp3) is 0.263. The van der Waals surface area contributed by atoms with Gasteiger partial charge in [-0.05, 0) is 48.7 Å². The van der Waals surface area contributed by atoms with E-state index in [1.54, 1.807) is 11.8 Å². The average molecular weight is 339 g/mol. The number of likely N-dealkylation sites (N-methyl/N-ethyl adjacent to an activating group) is 1. The number of thioether (sulfide) groups is 1. The van der Waals surface area contributed by atoms with Crippen LogP contribution in [-0.2, 0) is 17.8 Å². The lowest BCUT2D eigenvalue weighted by Gasteiger charge is -2.16. The summed E-state index contributed by atoms with van der Waals surface area (Å²) in [5.41, 5.74) is 2.88. The van der Waals surface area contributed by atoms with E-state index < -0.39 is 0 Å². The first kappa shape index (κ1) is 18.1. The summed E-state index contributed by atoms with van der Waals surface area (Å²) in [5, 5.41) is 11.5. The van der Waals surface area contributed by atoms with Gasteiger partial charge in [-0.15, -0.1) is 11.8 Å². The van der Waals surface area contributed by atoms with Crippen molar-refractivity contribution in [3.63, 3.8) is 0 Å². The van der Waals surface area contributed by atoms with Crippen molar-refractivity contribution in [3.05, 3.63) is 59.7 Å². The minimum Gasteiger partial charge on any atom is -0.325 e. The lowest BCUT2D eigenvalue weighted by Crippen LogP contribution is -2.29. The van der Waals surface area contributed by atoms with E-state index in [-0.39, 0.29) is 5.91 Å². The van der Waals surface area contributed by atoms with Gasteiger partial charge < -0.3 is 5.32 Å². The van der Waals surface area contributed by atoms with Gasteiger partial charge in [0.2, 0.25) is 5.91 Å². The number of anilines is 1. The molecule has 1 amide bonds. The van der Waals surface area contributed by atoms with Crippen molar-refractivity contribution in [2.45, 2.75) is 17.9 Å². The van der Waals surface area contributed by atoms with Gasteiger partial charge in [-0.2, -0.15) is 5.26 Å². The molecule has 0 aliphatic heterocycles. The van der Waals surface area contributed by atoms with Gasteiger partial charge in [-0.3, -0.25) is 9.69 Å². The van der Waals surface area contributed by atoms with E-state index in [1.807, 2.05) is 36.2 Å². The second-order valence-electron chi connectivity index (χ2n) is 5.60. The summed E-state index contributed by atoms with van der Waals surface area (Å²) >= 11 is 1.72. The Morgan fingerprint density at radius 3 is 2.33 bits per heavy atom. The van der Waals surface area contributed by atoms with Gasteiger partial charge in [0.25, 0.3) is 0 Å². The second-order valence-corrected chi connectivity index (χ2v) is 6.48. The molecule has 0 atom stereocenters. The van der Waals surface area contributed by atoms with Crippen LogP contribution in [0.1, 0.15) is 11.1 Å². The maximum atomic E-state index is 12.1. The number of hydrogen-bond acceptors (Lipinski definition) is 4. The third kappa shape index (κ3) is 5.73. The molecule has 0 heterocycles. The van der Waals surface area contributed by atoms with Crippen LogP contribution in [0.3, 0.4) is 0 Å². The number of amides is 1. The molecule has 2 aromatic carbocycles. The zero-order chi connectivity index (χ0) is 17.4. The summed E-state index contributed by atoms with van der Waals surface area (Å²) in [5.74, 6) is -0.0498. The van der Waals surface area contributed by atoms with Gasteiger partial charge in [-0.25, -0.2) is 0 Å². The molecule has 5 heteroatoms. The number of nitrogens with one attached hydrogen (secondary N) is 1. The quantitative estimate of drug-likeness (QED) is 0.784. The number of carbonyl (C=O) groups is 1. The molecule has 0 aliphatic carbocycles. The van der Waals surface area contributed by atoms with Crippen molar-refractivity contribution in [1.82, 2.24) is 4.90 Å². The van der Waals surface area contributed by atoms with Gasteiger partial charge in [0.05, 0.1) is 19.0 Å². The molecular weight excluding hydrogens is 318 g/mol. The van der Waals surface area contributed by atoms with E-state index in [4.69, 9.17) is 5.26 Å². The smallest absolute Gasteiger partial charge is 0.238 e. The first-order valence-electron chi connectivity index (χ1n) is 7.68. The molecule has 2 rings (SSSR count). The van der Waals surface area contributed by atoms with Crippen LogP contribution in [0.15, 0.2) is 53.4 Å². The molecule has 4 nitrogen and oxygen atoms in total. The highest BCUT2D eigenvalue weighted by Gasteiger charge is 2.08. The maximum Gasteiger partial charge on any atom is 0.238 e. The van der Waals surface area contributed by atoms with Crippen molar-refractivity contribution in [2.24, 2.45) is 0 Å². The fourth-order valence-electron chi connectivity index (χ4n) is 2.34. The van der Waals surface area contributed by atoms with Crippen LogP contribution in [0, 0.1) is 11.3 Å². The van der Waals surface area contributed by atoms with E-state index in [9.17, 15) is 4.79 Å². The Hall–Kier alpha value is -2.29. The molecule has 0 aromatic heterocycles. The molecule has 1 N–H and O–H groups in total. The Morgan fingerprint density at radius 1 is 1.12 bits per heavy atom. The fourth-order valence-corrected chi connectivity index (χ4v) is 2.75. The van der Waals surface area contributed by atoms with Crippen LogP contribution in [0.25, 0.3) is 0 Å². The Bertz CT molecular complexity index is 705. The monoisotopic (exact) mass is 339 g/mol. The minimum atomic E-state index is -0.0498. The summed E-state index contributed by atoms with van der Waals surface area (Å²) in [4.78, 5) is 15.3. The van der Waals surface area contributed by atoms with Gasteiger partial charge in [0.15, 0.2) is 0 Å². The summed E-state index contributed by atoms with van der Waals surface area (Å²) in [6, 6.07) is 17.8. The topological polar surface area (TPSA) is 56.1 Å². The molecule has 124 valence electrons. The van der Waals surface area contributed by atoms with E-state index in [0.717, 1.165) is 17.8 Å². The second kappa shape index (κ2) is 9.11.